The Bertz CT molecular complexity index is 541. The largest absolute Gasteiger partial charge is 0.370 e. The van der Waals surface area contributed by atoms with E-state index in [1.165, 1.54) is 36.3 Å². The molecule has 1 heterocycles. The standard InChI is InChI=1S/C17H21FNOS/c1-2-3-4-5-9-17-16(19-13-21-17)12-20-11-14-7-6-8-15(18)10-14/h6-8,10,13H,1-5,9,11-12H2. The van der Waals surface area contributed by atoms with Crippen LogP contribution in [0.2, 0.25) is 0 Å². The number of unbranched alkanes of at least 4 members (excludes halogenated alkanes) is 3. The van der Waals surface area contributed by atoms with Crippen LogP contribution in [0.3, 0.4) is 0 Å². The molecular weight excluding hydrogens is 285 g/mol. The van der Waals surface area contributed by atoms with Gasteiger partial charge in [-0.1, -0.05) is 38.3 Å². The number of aromatic nitrogens is 1. The van der Waals surface area contributed by atoms with Crippen LogP contribution in [0, 0.1) is 12.7 Å². The molecule has 0 spiro atoms. The molecule has 2 rings (SSSR count). The SMILES string of the molecule is [CH2]CCCCCc1scnc1COCc1cccc(F)c1. The third-order valence-corrected chi connectivity index (χ3v) is 4.21. The third-order valence-electron chi connectivity index (χ3n) is 3.28. The molecule has 0 aliphatic rings. The maximum Gasteiger partial charge on any atom is 0.123 e. The van der Waals surface area contributed by atoms with E-state index in [4.69, 9.17) is 4.74 Å². The van der Waals surface area contributed by atoms with Crippen LogP contribution in [-0.4, -0.2) is 4.98 Å². The van der Waals surface area contributed by atoms with Gasteiger partial charge in [0, 0.05) is 4.88 Å². The summed E-state index contributed by atoms with van der Waals surface area (Å²) >= 11 is 1.69. The van der Waals surface area contributed by atoms with Gasteiger partial charge in [-0.3, -0.25) is 0 Å². The number of halogens is 1. The fourth-order valence-corrected chi connectivity index (χ4v) is 2.96. The molecule has 113 valence electrons. The first kappa shape index (κ1) is 16.1. The lowest BCUT2D eigenvalue weighted by Crippen LogP contribution is -1.98. The summed E-state index contributed by atoms with van der Waals surface area (Å²) in [5.74, 6) is -0.226. The van der Waals surface area contributed by atoms with Gasteiger partial charge in [-0.15, -0.1) is 11.3 Å². The molecule has 1 radical (unpaired) electrons. The molecule has 0 aliphatic carbocycles. The molecule has 0 unspecified atom stereocenters. The topological polar surface area (TPSA) is 22.1 Å². The van der Waals surface area contributed by atoms with Gasteiger partial charge in [-0.25, -0.2) is 9.37 Å². The molecule has 1 aromatic carbocycles. The van der Waals surface area contributed by atoms with Crippen molar-refractivity contribution in [2.45, 2.75) is 45.3 Å². The van der Waals surface area contributed by atoms with Gasteiger partial charge in [0.15, 0.2) is 0 Å². The van der Waals surface area contributed by atoms with Crippen LogP contribution in [0.1, 0.15) is 41.8 Å². The maximum atomic E-state index is 13.1. The van der Waals surface area contributed by atoms with Gasteiger partial charge in [-0.05, 0) is 30.5 Å². The molecule has 4 heteroatoms. The van der Waals surface area contributed by atoms with Crippen molar-refractivity contribution in [2.24, 2.45) is 0 Å². The van der Waals surface area contributed by atoms with Crippen LogP contribution in [-0.2, 0) is 24.4 Å². The smallest absolute Gasteiger partial charge is 0.123 e. The van der Waals surface area contributed by atoms with E-state index >= 15 is 0 Å². The Balaban J connectivity index is 1.77. The van der Waals surface area contributed by atoms with Crippen LogP contribution in [0.5, 0.6) is 0 Å². The van der Waals surface area contributed by atoms with Gasteiger partial charge in [0.05, 0.1) is 24.4 Å². The third kappa shape index (κ3) is 5.56. The zero-order chi connectivity index (χ0) is 14.9. The number of nitrogens with zero attached hydrogens (tertiary/aromatic N) is 1. The van der Waals surface area contributed by atoms with E-state index in [0.29, 0.717) is 13.2 Å². The van der Waals surface area contributed by atoms with Crippen LogP contribution in [0.25, 0.3) is 0 Å². The Morgan fingerprint density at radius 3 is 2.90 bits per heavy atom. The predicted octanol–water partition coefficient (Wildman–Crippen LogP) is 4.94. The molecule has 0 saturated carbocycles. The first-order valence-corrected chi connectivity index (χ1v) is 8.20. The highest BCUT2D eigenvalue weighted by Crippen LogP contribution is 2.18. The zero-order valence-corrected chi connectivity index (χ0v) is 13.0. The Kier molecular flexibility index (Phi) is 6.83. The number of ether oxygens (including phenoxy) is 1. The maximum absolute atomic E-state index is 13.1. The normalized spacial score (nSPS) is 11.0. The second kappa shape index (κ2) is 8.90. The fourth-order valence-electron chi connectivity index (χ4n) is 2.15. The Morgan fingerprint density at radius 1 is 1.19 bits per heavy atom. The van der Waals surface area contributed by atoms with Gasteiger partial charge >= 0.3 is 0 Å². The predicted molar refractivity (Wildman–Crippen MR) is 84.5 cm³/mol. The number of thiazole rings is 1. The summed E-state index contributed by atoms with van der Waals surface area (Å²) in [4.78, 5) is 5.67. The van der Waals surface area contributed by atoms with E-state index in [1.807, 2.05) is 11.6 Å². The van der Waals surface area contributed by atoms with Crippen molar-refractivity contribution in [3.05, 3.63) is 58.7 Å². The summed E-state index contributed by atoms with van der Waals surface area (Å²) in [6.07, 6.45) is 5.64. The van der Waals surface area contributed by atoms with Gasteiger partial charge in [0.2, 0.25) is 0 Å². The molecule has 1 aromatic heterocycles. The lowest BCUT2D eigenvalue weighted by atomic mass is 10.1. The van der Waals surface area contributed by atoms with E-state index in [1.54, 1.807) is 17.4 Å². The molecule has 0 atom stereocenters. The molecular formula is C17H21FNOS. The molecule has 2 aromatic rings. The minimum Gasteiger partial charge on any atom is -0.370 e. The van der Waals surface area contributed by atoms with Crippen molar-refractivity contribution in [1.29, 1.82) is 0 Å². The summed E-state index contributed by atoms with van der Waals surface area (Å²) in [6, 6.07) is 6.50. The minimum atomic E-state index is -0.226. The summed E-state index contributed by atoms with van der Waals surface area (Å²) in [6.45, 7) is 4.76. The van der Waals surface area contributed by atoms with Crippen molar-refractivity contribution in [3.8, 4) is 0 Å². The summed E-state index contributed by atoms with van der Waals surface area (Å²) in [5, 5.41) is 0. The van der Waals surface area contributed by atoms with Crippen molar-refractivity contribution in [3.63, 3.8) is 0 Å². The number of aryl methyl sites for hydroxylation is 1. The lowest BCUT2D eigenvalue weighted by Gasteiger charge is -2.05. The highest BCUT2D eigenvalue weighted by Gasteiger charge is 2.06. The fraction of sp³-hybridized carbons (Fsp3) is 0.412. The van der Waals surface area contributed by atoms with Gasteiger partial charge < -0.3 is 4.74 Å². The second-order valence-electron chi connectivity index (χ2n) is 5.01. The Hall–Kier alpha value is -1.26. The lowest BCUT2D eigenvalue weighted by molar-refractivity contribution is 0.104. The van der Waals surface area contributed by atoms with E-state index in [2.05, 4.69) is 11.9 Å². The minimum absolute atomic E-state index is 0.226. The monoisotopic (exact) mass is 306 g/mol. The molecule has 0 amide bonds. The Labute approximate surface area is 130 Å². The number of benzene rings is 1. The van der Waals surface area contributed by atoms with E-state index < -0.39 is 0 Å². The van der Waals surface area contributed by atoms with Crippen molar-refractivity contribution >= 4 is 11.3 Å². The summed E-state index contributed by atoms with van der Waals surface area (Å²) in [7, 11) is 0. The summed E-state index contributed by atoms with van der Waals surface area (Å²) < 4.78 is 18.7. The van der Waals surface area contributed by atoms with Crippen molar-refractivity contribution in [1.82, 2.24) is 4.98 Å². The average Bonchev–Trinajstić information content (AvgIpc) is 2.91. The molecule has 0 saturated heterocycles. The van der Waals surface area contributed by atoms with E-state index in [0.717, 1.165) is 24.1 Å². The highest BCUT2D eigenvalue weighted by atomic mass is 32.1. The van der Waals surface area contributed by atoms with Crippen molar-refractivity contribution in [2.75, 3.05) is 0 Å². The highest BCUT2D eigenvalue weighted by molar-refractivity contribution is 7.09. The van der Waals surface area contributed by atoms with E-state index in [9.17, 15) is 4.39 Å². The number of hydrogen-bond donors (Lipinski definition) is 0. The van der Waals surface area contributed by atoms with E-state index in [-0.39, 0.29) is 5.82 Å². The van der Waals surface area contributed by atoms with Gasteiger partial charge in [-0.2, -0.15) is 0 Å². The number of hydrogen-bond acceptors (Lipinski definition) is 3. The molecule has 0 aliphatic heterocycles. The molecule has 2 nitrogen and oxygen atoms in total. The molecule has 0 bridgehead atoms. The van der Waals surface area contributed by atoms with Crippen LogP contribution in [0.4, 0.5) is 4.39 Å². The number of rotatable bonds is 9. The molecule has 0 fully saturated rings. The second-order valence-corrected chi connectivity index (χ2v) is 5.95. The zero-order valence-electron chi connectivity index (χ0n) is 12.2. The molecule has 0 N–H and O–H groups in total. The Morgan fingerprint density at radius 2 is 2.10 bits per heavy atom. The first-order valence-electron chi connectivity index (χ1n) is 7.32. The average molecular weight is 306 g/mol. The quantitative estimate of drug-likeness (QED) is 0.612. The molecule has 21 heavy (non-hydrogen) atoms. The van der Waals surface area contributed by atoms with Gasteiger partial charge in [0.1, 0.15) is 5.82 Å². The van der Waals surface area contributed by atoms with Gasteiger partial charge in [0.25, 0.3) is 0 Å². The van der Waals surface area contributed by atoms with Crippen LogP contribution < -0.4 is 0 Å². The van der Waals surface area contributed by atoms with Crippen LogP contribution >= 0.6 is 11.3 Å². The van der Waals surface area contributed by atoms with Crippen molar-refractivity contribution < 1.29 is 9.13 Å². The van der Waals surface area contributed by atoms with Crippen LogP contribution in [0.15, 0.2) is 29.8 Å². The summed E-state index contributed by atoms with van der Waals surface area (Å²) in [5.41, 5.74) is 3.74. The first-order chi connectivity index (χ1) is 10.3.